The molecule has 0 amide bonds. The number of rotatable bonds is 4. The molecule has 18 heavy (non-hydrogen) atoms. The maximum Gasteiger partial charge on any atom is 0.203 e. The molecule has 1 saturated carbocycles. The molecule has 1 aromatic rings. The van der Waals surface area contributed by atoms with Gasteiger partial charge in [0.15, 0.2) is 5.78 Å². The largest absolute Gasteiger partial charge is 0.291 e. The Morgan fingerprint density at radius 1 is 1.33 bits per heavy atom. The third-order valence-corrected chi connectivity index (χ3v) is 2.88. The van der Waals surface area contributed by atoms with Gasteiger partial charge in [0, 0.05) is 16.0 Å². The Kier molecular flexibility index (Phi) is 3.85. The number of nitrogens with one attached hydrogen (secondary N) is 1. The summed E-state index contributed by atoms with van der Waals surface area (Å²) in [6.07, 6.45) is 1.67. The van der Waals surface area contributed by atoms with Gasteiger partial charge in [-0.1, -0.05) is 23.2 Å². The first-order chi connectivity index (χ1) is 8.60. The van der Waals surface area contributed by atoms with Crippen molar-refractivity contribution < 1.29 is 4.79 Å². The highest BCUT2D eigenvalue weighted by Gasteiger charge is 2.32. The van der Waals surface area contributed by atoms with Crippen molar-refractivity contribution in [2.75, 3.05) is 5.43 Å². The van der Waals surface area contributed by atoms with E-state index in [1.807, 2.05) is 0 Å². The van der Waals surface area contributed by atoms with Gasteiger partial charge >= 0.3 is 0 Å². The van der Waals surface area contributed by atoms with Crippen LogP contribution in [0, 0.1) is 17.2 Å². The third-order valence-electron chi connectivity index (χ3n) is 2.45. The van der Waals surface area contributed by atoms with Crippen molar-refractivity contribution >= 4 is 40.4 Å². The second-order valence-corrected chi connectivity index (χ2v) is 4.85. The fourth-order valence-corrected chi connectivity index (χ4v) is 1.94. The molecule has 0 radical (unpaired) electrons. The molecule has 1 aliphatic rings. The van der Waals surface area contributed by atoms with Gasteiger partial charge in [-0.3, -0.25) is 10.2 Å². The number of ketones is 1. The first-order valence-electron chi connectivity index (χ1n) is 5.34. The van der Waals surface area contributed by atoms with Crippen LogP contribution in [0.1, 0.15) is 12.8 Å². The summed E-state index contributed by atoms with van der Waals surface area (Å²) in [6, 6.07) is 6.59. The standard InChI is InChI=1S/C12H9Cl2N3O/c13-8-3-9(14)5-10(4-8)16-17-11(6-15)12(18)7-1-2-7/h3-5,7,16H,1-2H2. The minimum atomic E-state index is -0.210. The second-order valence-electron chi connectivity index (χ2n) is 3.98. The van der Waals surface area contributed by atoms with Gasteiger partial charge in [0.25, 0.3) is 0 Å². The smallest absolute Gasteiger partial charge is 0.203 e. The summed E-state index contributed by atoms with van der Waals surface area (Å²) in [4.78, 5) is 11.6. The van der Waals surface area contributed by atoms with E-state index in [2.05, 4.69) is 10.5 Å². The molecule has 0 aliphatic heterocycles. The minimum Gasteiger partial charge on any atom is -0.291 e. The number of carbonyl (C=O) groups excluding carboxylic acids is 1. The van der Waals surface area contributed by atoms with Crippen LogP contribution in [0.15, 0.2) is 23.3 Å². The lowest BCUT2D eigenvalue weighted by atomic mass is 10.2. The maximum absolute atomic E-state index is 11.6. The molecule has 4 nitrogen and oxygen atoms in total. The van der Waals surface area contributed by atoms with Crippen LogP contribution >= 0.6 is 23.2 Å². The van der Waals surface area contributed by atoms with E-state index in [1.54, 1.807) is 24.3 Å². The van der Waals surface area contributed by atoms with E-state index in [0.717, 1.165) is 12.8 Å². The van der Waals surface area contributed by atoms with Crippen molar-refractivity contribution in [3.8, 4) is 6.07 Å². The van der Waals surface area contributed by atoms with E-state index in [4.69, 9.17) is 28.5 Å². The van der Waals surface area contributed by atoms with Crippen LogP contribution in [0.2, 0.25) is 10.0 Å². The van der Waals surface area contributed by atoms with Crippen molar-refractivity contribution in [2.45, 2.75) is 12.8 Å². The summed E-state index contributed by atoms with van der Waals surface area (Å²) in [5.41, 5.74) is 3.03. The van der Waals surface area contributed by atoms with Gasteiger partial charge < -0.3 is 0 Å². The van der Waals surface area contributed by atoms with E-state index in [1.165, 1.54) is 0 Å². The Labute approximate surface area is 114 Å². The SMILES string of the molecule is N#CC(=NNc1cc(Cl)cc(Cl)c1)C(=O)C1CC1. The normalized spacial score (nSPS) is 15.1. The van der Waals surface area contributed by atoms with Gasteiger partial charge in [0.2, 0.25) is 5.71 Å². The highest BCUT2D eigenvalue weighted by molar-refractivity contribution is 6.47. The monoisotopic (exact) mass is 281 g/mol. The van der Waals surface area contributed by atoms with E-state index in [9.17, 15) is 4.79 Å². The average molecular weight is 282 g/mol. The van der Waals surface area contributed by atoms with Crippen molar-refractivity contribution in [1.29, 1.82) is 5.26 Å². The molecule has 0 spiro atoms. The van der Waals surface area contributed by atoms with E-state index in [0.29, 0.717) is 15.7 Å². The first kappa shape index (κ1) is 12.9. The van der Waals surface area contributed by atoms with Crippen LogP contribution in [0.3, 0.4) is 0 Å². The van der Waals surface area contributed by atoms with Crippen molar-refractivity contribution in [3.63, 3.8) is 0 Å². The minimum absolute atomic E-state index is 0.0341. The zero-order valence-corrected chi connectivity index (χ0v) is 10.8. The second kappa shape index (κ2) is 5.38. The lowest BCUT2D eigenvalue weighted by Gasteiger charge is -2.02. The molecule has 0 heterocycles. The molecular weight excluding hydrogens is 273 g/mol. The Bertz CT molecular complexity index is 539. The van der Waals surface area contributed by atoms with Crippen LogP contribution < -0.4 is 5.43 Å². The van der Waals surface area contributed by atoms with Crippen LogP contribution in [-0.2, 0) is 4.79 Å². The quantitative estimate of drug-likeness (QED) is 0.680. The number of carbonyl (C=O) groups is 1. The van der Waals surface area contributed by atoms with Gasteiger partial charge in [-0.25, -0.2) is 0 Å². The Morgan fingerprint density at radius 2 is 1.94 bits per heavy atom. The molecule has 0 saturated heterocycles. The lowest BCUT2D eigenvalue weighted by Crippen LogP contribution is -2.15. The van der Waals surface area contributed by atoms with Crippen LogP contribution in [-0.4, -0.2) is 11.5 Å². The number of benzene rings is 1. The molecule has 92 valence electrons. The number of hydrazone groups is 1. The molecular formula is C12H9Cl2N3O. The predicted molar refractivity (Wildman–Crippen MR) is 70.9 cm³/mol. The molecule has 0 aromatic heterocycles. The fraction of sp³-hybridized carbons (Fsp3) is 0.250. The number of hydrogen-bond donors (Lipinski definition) is 1. The molecule has 1 N–H and O–H groups in total. The summed E-state index contributed by atoms with van der Waals surface area (Å²) < 4.78 is 0. The van der Waals surface area contributed by atoms with E-state index >= 15 is 0 Å². The number of Topliss-reactive ketones (excluding diaryl/α,β-unsaturated/α-hetero) is 1. The molecule has 6 heteroatoms. The zero-order chi connectivity index (χ0) is 13.1. The third kappa shape index (κ3) is 3.22. The van der Waals surface area contributed by atoms with Crippen LogP contribution in [0.25, 0.3) is 0 Å². The van der Waals surface area contributed by atoms with Crippen LogP contribution in [0.5, 0.6) is 0 Å². The Balaban J connectivity index is 2.12. The molecule has 1 fully saturated rings. The molecule has 0 atom stereocenters. The van der Waals surface area contributed by atoms with Gasteiger partial charge in [-0.05, 0) is 31.0 Å². The molecule has 1 aromatic carbocycles. The Hall–Kier alpha value is -1.57. The zero-order valence-electron chi connectivity index (χ0n) is 9.28. The highest BCUT2D eigenvalue weighted by atomic mass is 35.5. The van der Waals surface area contributed by atoms with E-state index < -0.39 is 0 Å². The number of nitrogens with zero attached hydrogens (tertiary/aromatic N) is 2. The van der Waals surface area contributed by atoms with Gasteiger partial charge in [0.1, 0.15) is 6.07 Å². The summed E-state index contributed by atoms with van der Waals surface area (Å²) in [5, 5.41) is 13.6. The van der Waals surface area contributed by atoms with Crippen molar-refractivity contribution in [2.24, 2.45) is 11.0 Å². The van der Waals surface area contributed by atoms with Gasteiger partial charge in [0.05, 0.1) is 5.69 Å². The van der Waals surface area contributed by atoms with E-state index in [-0.39, 0.29) is 17.4 Å². The number of nitriles is 1. The molecule has 2 rings (SSSR count). The molecule has 1 aliphatic carbocycles. The lowest BCUT2D eigenvalue weighted by molar-refractivity contribution is -0.113. The van der Waals surface area contributed by atoms with Crippen molar-refractivity contribution in [3.05, 3.63) is 28.2 Å². The highest BCUT2D eigenvalue weighted by Crippen LogP contribution is 2.30. The number of halogens is 2. The van der Waals surface area contributed by atoms with Crippen LogP contribution in [0.4, 0.5) is 5.69 Å². The predicted octanol–water partition coefficient (Wildman–Crippen LogP) is 3.26. The molecule has 0 bridgehead atoms. The fourth-order valence-electron chi connectivity index (χ4n) is 1.41. The summed E-state index contributed by atoms with van der Waals surface area (Å²) >= 11 is 11.6. The van der Waals surface area contributed by atoms with Crippen molar-refractivity contribution in [1.82, 2.24) is 0 Å². The summed E-state index contributed by atoms with van der Waals surface area (Å²) in [7, 11) is 0. The maximum atomic E-state index is 11.6. The average Bonchev–Trinajstić information content (AvgIpc) is 3.12. The Morgan fingerprint density at radius 3 is 2.44 bits per heavy atom. The van der Waals surface area contributed by atoms with Gasteiger partial charge in [-0.15, -0.1) is 0 Å². The summed E-state index contributed by atoms with van der Waals surface area (Å²) in [5.74, 6) is -0.244. The number of hydrogen-bond acceptors (Lipinski definition) is 4. The number of anilines is 1. The topological polar surface area (TPSA) is 65.2 Å². The molecule has 0 unspecified atom stereocenters. The first-order valence-corrected chi connectivity index (χ1v) is 6.10. The van der Waals surface area contributed by atoms with Gasteiger partial charge in [-0.2, -0.15) is 10.4 Å². The summed E-state index contributed by atoms with van der Waals surface area (Å²) in [6.45, 7) is 0.